The number of nitrogens with zero attached hydrogens (tertiary/aromatic N) is 2. The second-order valence-corrected chi connectivity index (χ2v) is 4.40. The van der Waals surface area contributed by atoms with E-state index in [1.165, 1.54) is 6.20 Å². The van der Waals surface area contributed by atoms with Gasteiger partial charge in [-0.05, 0) is 18.6 Å². The van der Waals surface area contributed by atoms with Gasteiger partial charge in [0.2, 0.25) is 0 Å². The highest BCUT2D eigenvalue weighted by Gasteiger charge is 2.20. The van der Waals surface area contributed by atoms with Crippen LogP contribution in [0.25, 0.3) is 11.0 Å². The van der Waals surface area contributed by atoms with Crippen molar-refractivity contribution in [3.8, 4) is 0 Å². The van der Waals surface area contributed by atoms with E-state index in [1.807, 2.05) is 13.0 Å². The second kappa shape index (κ2) is 6.10. The smallest absolute Gasteiger partial charge is 0.326 e. The number of aromatic nitrogens is 2. The Bertz CT molecular complexity index is 642. The maximum absolute atomic E-state index is 12.0. The third kappa shape index (κ3) is 3.09. The lowest BCUT2D eigenvalue weighted by molar-refractivity contribution is -0.139. The number of carbonyl (C=O) groups excluding carboxylic acids is 1. The predicted octanol–water partition coefficient (Wildman–Crippen LogP) is 1.61. The van der Waals surface area contributed by atoms with Crippen LogP contribution < -0.4 is 5.32 Å². The van der Waals surface area contributed by atoms with E-state index in [2.05, 4.69) is 15.3 Å². The molecule has 0 saturated heterocycles. The summed E-state index contributed by atoms with van der Waals surface area (Å²) in [5, 5.41) is 11.5. The van der Waals surface area contributed by atoms with E-state index in [0.717, 1.165) is 0 Å². The van der Waals surface area contributed by atoms with Crippen molar-refractivity contribution in [2.24, 2.45) is 0 Å². The first-order valence-electron chi connectivity index (χ1n) is 6.37. The molecular formula is C14H15N3O3. The molecule has 0 aliphatic heterocycles. The second-order valence-electron chi connectivity index (χ2n) is 4.40. The van der Waals surface area contributed by atoms with E-state index in [1.54, 1.807) is 18.2 Å². The Labute approximate surface area is 115 Å². The minimum Gasteiger partial charge on any atom is -0.480 e. The number of nitrogens with one attached hydrogen (secondary N) is 1. The fourth-order valence-electron chi connectivity index (χ4n) is 1.84. The first-order valence-corrected chi connectivity index (χ1v) is 6.37. The molecule has 20 heavy (non-hydrogen) atoms. The number of carbonyl (C=O) groups is 2. The van der Waals surface area contributed by atoms with Crippen molar-refractivity contribution < 1.29 is 14.7 Å². The topological polar surface area (TPSA) is 92.2 Å². The quantitative estimate of drug-likeness (QED) is 0.863. The van der Waals surface area contributed by atoms with Gasteiger partial charge in [-0.15, -0.1) is 0 Å². The molecule has 0 bridgehead atoms. The normalized spacial score (nSPS) is 12.1. The molecule has 0 saturated carbocycles. The van der Waals surface area contributed by atoms with E-state index in [-0.39, 0.29) is 5.69 Å². The van der Waals surface area contributed by atoms with Gasteiger partial charge in [-0.2, -0.15) is 0 Å². The predicted molar refractivity (Wildman–Crippen MR) is 73.3 cm³/mol. The van der Waals surface area contributed by atoms with Gasteiger partial charge in [0, 0.05) is 0 Å². The van der Waals surface area contributed by atoms with Gasteiger partial charge in [0.1, 0.15) is 11.7 Å². The highest BCUT2D eigenvalue weighted by Crippen LogP contribution is 2.08. The highest BCUT2D eigenvalue weighted by molar-refractivity contribution is 5.96. The Kier molecular flexibility index (Phi) is 4.24. The van der Waals surface area contributed by atoms with Gasteiger partial charge in [0.15, 0.2) is 0 Å². The number of amides is 1. The third-order valence-electron chi connectivity index (χ3n) is 2.86. The average Bonchev–Trinajstić information content (AvgIpc) is 2.46. The summed E-state index contributed by atoms with van der Waals surface area (Å²) in [4.78, 5) is 31.3. The van der Waals surface area contributed by atoms with Crippen molar-refractivity contribution in [1.29, 1.82) is 0 Å². The average molecular weight is 273 g/mol. The number of para-hydroxylation sites is 2. The Morgan fingerprint density at radius 3 is 2.65 bits per heavy atom. The standard InChI is InChI=1S/C14H15N3O3/c1-2-5-11(14(19)20)17-13(18)12-8-15-9-6-3-4-7-10(9)16-12/h3-4,6-8,11H,2,5H2,1H3,(H,17,18)(H,19,20)/t11-/m0/s1. The Hall–Kier alpha value is -2.50. The Morgan fingerprint density at radius 1 is 1.30 bits per heavy atom. The molecule has 0 radical (unpaired) electrons. The van der Waals surface area contributed by atoms with E-state index < -0.39 is 17.9 Å². The van der Waals surface area contributed by atoms with Crippen molar-refractivity contribution in [3.63, 3.8) is 0 Å². The van der Waals surface area contributed by atoms with Gasteiger partial charge < -0.3 is 10.4 Å². The van der Waals surface area contributed by atoms with Crippen LogP contribution in [0.5, 0.6) is 0 Å². The molecule has 6 nitrogen and oxygen atoms in total. The number of benzene rings is 1. The summed E-state index contributed by atoms with van der Waals surface area (Å²) >= 11 is 0. The third-order valence-corrected chi connectivity index (χ3v) is 2.86. The minimum atomic E-state index is -1.05. The molecule has 1 aromatic carbocycles. The van der Waals surface area contributed by atoms with Gasteiger partial charge in [-0.1, -0.05) is 25.5 Å². The fourth-order valence-corrected chi connectivity index (χ4v) is 1.84. The first-order chi connectivity index (χ1) is 9.61. The molecule has 0 aliphatic carbocycles. The lowest BCUT2D eigenvalue weighted by atomic mass is 10.1. The Balaban J connectivity index is 2.20. The number of aliphatic carboxylic acids is 1. The van der Waals surface area contributed by atoms with Crippen LogP contribution in [0, 0.1) is 0 Å². The van der Waals surface area contributed by atoms with E-state index in [0.29, 0.717) is 23.9 Å². The molecule has 2 N–H and O–H groups in total. The lowest BCUT2D eigenvalue weighted by Gasteiger charge is -2.13. The molecule has 0 spiro atoms. The molecule has 0 fully saturated rings. The zero-order valence-corrected chi connectivity index (χ0v) is 11.0. The molecule has 0 unspecified atom stereocenters. The van der Waals surface area contributed by atoms with Gasteiger partial charge in [-0.3, -0.25) is 9.78 Å². The van der Waals surface area contributed by atoms with Crippen LogP contribution in [-0.2, 0) is 4.79 Å². The summed E-state index contributed by atoms with van der Waals surface area (Å²) in [6.07, 6.45) is 2.39. The van der Waals surface area contributed by atoms with Crippen LogP contribution in [-0.4, -0.2) is 33.0 Å². The van der Waals surface area contributed by atoms with Crippen molar-refractivity contribution >= 4 is 22.9 Å². The number of carboxylic acids is 1. The SMILES string of the molecule is CCC[C@H](NC(=O)c1cnc2ccccc2n1)C(=O)O. The number of hydrogen-bond acceptors (Lipinski definition) is 4. The van der Waals surface area contributed by atoms with Crippen LogP contribution in [0.4, 0.5) is 0 Å². The number of rotatable bonds is 5. The van der Waals surface area contributed by atoms with Crippen LogP contribution in [0.2, 0.25) is 0 Å². The highest BCUT2D eigenvalue weighted by atomic mass is 16.4. The van der Waals surface area contributed by atoms with Crippen LogP contribution in [0.15, 0.2) is 30.5 Å². The summed E-state index contributed by atoms with van der Waals surface area (Å²) in [7, 11) is 0. The van der Waals surface area contributed by atoms with Gasteiger partial charge in [0.05, 0.1) is 17.2 Å². The van der Waals surface area contributed by atoms with Crippen molar-refractivity contribution in [2.75, 3.05) is 0 Å². The molecule has 1 aromatic heterocycles. The molecule has 2 aromatic rings. The zero-order valence-electron chi connectivity index (χ0n) is 11.0. The summed E-state index contributed by atoms with van der Waals surface area (Å²) in [5.74, 6) is -1.57. The number of hydrogen-bond donors (Lipinski definition) is 2. The molecular weight excluding hydrogens is 258 g/mol. The lowest BCUT2D eigenvalue weighted by Crippen LogP contribution is -2.41. The van der Waals surface area contributed by atoms with E-state index in [4.69, 9.17) is 5.11 Å². The van der Waals surface area contributed by atoms with Gasteiger partial charge >= 0.3 is 5.97 Å². The molecule has 2 rings (SSSR count). The van der Waals surface area contributed by atoms with Gasteiger partial charge in [-0.25, -0.2) is 9.78 Å². The molecule has 6 heteroatoms. The van der Waals surface area contributed by atoms with Crippen LogP contribution in [0.3, 0.4) is 0 Å². The summed E-state index contributed by atoms with van der Waals surface area (Å²) in [6.45, 7) is 1.86. The molecule has 1 atom stereocenters. The first kappa shape index (κ1) is 13.9. The number of carboxylic acid groups (broad SMARTS) is 1. The van der Waals surface area contributed by atoms with Crippen molar-refractivity contribution in [3.05, 3.63) is 36.2 Å². The van der Waals surface area contributed by atoms with Crippen LogP contribution >= 0.6 is 0 Å². The number of fused-ring (bicyclic) bond motifs is 1. The fraction of sp³-hybridized carbons (Fsp3) is 0.286. The molecule has 104 valence electrons. The maximum atomic E-state index is 12.0. The van der Waals surface area contributed by atoms with E-state index in [9.17, 15) is 9.59 Å². The minimum absolute atomic E-state index is 0.117. The summed E-state index contributed by atoms with van der Waals surface area (Å²) < 4.78 is 0. The maximum Gasteiger partial charge on any atom is 0.326 e. The van der Waals surface area contributed by atoms with Gasteiger partial charge in [0.25, 0.3) is 5.91 Å². The summed E-state index contributed by atoms with van der Waals surface area (Å²) in [6, 6.07) is 6.27. The van der Waals surface area contributed by atoms with E-state index >= 15 is 0 Å². The zero-order chi connectivity index (χ0) is 14.5. The largest absolute Gasteiger partial charge is 0.480 e. The summed E-state index contributed by atoms with van der Waals surface area (Å²) in [5.41, 5.74) is 1.40. The monoisotopic (exact) mass is 273 g/mol. The van der Waals surface area contributed by atoms with Crippen molar-refractivity contribution in [2.45, 2.75) is 25.8 Å². The Morgan fingerprint density at radius 2 is 2.00 bits per heavy atom. The molecule has 0 aliphatic rings. The molecule has 1 heterocycles. The van der Waals surface area contributed by atoms with Crippen LogP contribution in [0.1, 0.15) is 30.3 Å². The molecule has 1 amide bonds. The van der Waals surface area contributed by atoms with Crippen molar-refractivity contribution in [1.82, 2.24) is 15.3 Å².